The van der Waals surface area contributed by atoms with Gasteiger partial charge in [-0.2, -0.15) is 0 Å². The number of rotatable bonds is 4. The number of carbonyl (C=O) groups is 1. The predicted molar refractivity (Wildman–Crippen MR) is 99.6 cm³/mol. The lowest BCUT2D eigenvalue weighted by molar-refractivity contribution is -0.906. The summed E-state index contributed by atoms with van der Waals surface area (Å²) >= 11 is 0. The Labute approximate surface area is 165 Å². The molecule has 0 bridgehead atoms. The van der Waals surface area contributed by atoms with Crippen LogP contribution in [0.25, 0.3) is 0 Å². The van der Waals surface area contributed by atoms with Crippen LogP contribution in [0.3, 0.4) is 0 Å². The summed E-state index contributed by atoms with van der Waals surface area (Å²) in [5, 5.41) is 0. The first kappa shape index (κ1) is 19.4. The van der Waals surface area contributed by atoms with Crippen molar-refractivity contribution >= 4 is 23.0 Å². The first-order valence-corrected chi connectivity index (χ1v) is 9.18. The van der Waals surface area contributed by atoms with Crippen LogP contribution in [0.15, 0.2) is 53.5 Å². The lowest BCUT2D eigenvalue weighted by Gasteiger charge is -2.27. The number of aliphatic imine (C=N–C) groups is 1. The van der Waals surface area contributed by atoms with E-state index in [0.717, 1.165) is 18.8 Å². The number of anilines is 1. The summed E-state index contributed by atoms with van der Waals surface area (Å²) in [6, 6.07) is 12.5. The Morgan fingerprint density at radius 1 is 1.07 bits per heavy atom. The number of alkyl halides is 3. The molecule has 1 saturated heterocycles. The number of carbonyl (C=O) groups excluding carboxylic acids is 1. The minimum Gasteiger partial charge on any atom is -0.406 e. The molecule has 0 spiro atoms. The van der Waals surface area contributed by atoms with Gasteiger partial charge in [0.1, 0.15) is 24.6 Å². The fraction of sp³-hybridized carbons (Fsp3) is 0.300. The topological polar surface area (TPSA) is 55.6 Å². The third kappa shape index (κ3) is 4.41. The van der Waals surface area contributed by atoms with Crippen molar-refractivity contribution in [2.24, 2.45) is 4.99 Å². The highest BCUT2D eigenvalue weighted by atomic mass is 19.4. The summed E-state index contributed by atoms with van der Waals surface area (Å²) in [5.74, 6) is -0.557. The number of para-hydroxylation sites is 1. The molecule has 2 aromatic rings. The number of hydrogen-bond donors (Lipinski definition) is 1. The standard InChI is InChI=1S/C20H18F3N3O3/c21-20(22,23)29-15-7-5-14(6-8-15)24-18-16-3-1-2-4-17(16)26(19(18)27)13-25-9-11-28-12-10-25/h1-8H,9-13H2/p+1. The number of halogens is 3. The van der Waals surface area contributed by atoms with Crippen LogP contribution in [0.5, 0.6) is 5.75 Å². The average Bonchev–Trinajstić information content (AvgIpc) is 2.95. The largest absolute Gasteiger partial charge is 0.573 e. The maximum Gasteiger partial charge on any atom is 0.573 e. The van der Waals surface area contributed by atoms with Gasteiger partial charge in [0.05, 0.1) is 24.6 Å². The van der Waals surface area contributed by atoms with E-state index in [4.69, 9.17) is 4.74 Å². The Kier molecular flexibility index (Phi) is 5.25. The maximum atomic E-state index is 13.1. The van der Waals surface area contributed by atoms with Gasteiger partial charge in [0.2, 0.25) is 0 Å². The minimum atomic E-state index is -4.75. The summed E-state index contributed by atoms with van der Waals surface area (Å²) in [4.78, 5) is 20.4. The molecule has 0 unspecified atom stereocenters. The second kappa shape index (κ2) is 7.84. The summed E-state index contributed by atoms with van der Waals surface area (Å²) in [5.41, 5.74) is 2.14. The number of amides is 1. The zero-order chi connectivity index (χ0) is 20.4. The average molecular weight is 406 g/mol. The van der Waals surface area contributed by atoms with E-state index < -0.39 is 6.36 Å². The number of nitrogens with one attached hydrogen (secondary N) is 1. The highest BCUT2D eigenvalue weighted by Gasteiger charge is 2.36. The molecule has 2 heterocycles. The summed E-state index contributed by atoms with van der Waals surface area (Å²) in [7, 11) is 0. The summed E-state index contributed by atoms with van der Waals surface area (Å²) in [6.07, 6.45) is -4.75. The van der Waals surface area contributed by atoms with Crippen molar-refractivity contribution in [3.63, 3.8) is 0 Å². The number of quaternary nitrogens is 1. The van der Waals surface area contributed by atoms with Crippen LogP contribution >= 0.6 is 0 Å². The quantitative estimate of drug-likeness (QED) is 0.844. The zero-order valence-electron chi connectivity index (χ0n) is 15.4. The van der Waals surface area contributed by atoms with Gasteiger partial charge in [0.15, 0.2) is 6.67 Å². The van der Waals surface area contributed by atoms with Crippen molar-refractivity contribution in [2.45, 2.75) is 6.36 Å². The predicted octanol–water partition coefficient (Wildman–Crippen LogP) is 1.93. The van der Waals surface area contributed by atoms with Gasteiger partial charge in [-0.3, -0.25) is 9.69 Å². The molecule has 0 aromatic heterocycles. The van der Waals surface area contributed by atoms with Crippen molar-refractivity contribution in [1.82, 2.24) is 0 Å². The van der Waals surface area contributed by atoms with E-state index in [0.29, 0.717) is 31.1 Å². The molecular formula is C20H19F3N3O3+. The highest BCUT2D eigenvalue weighted by Crippen LogP contribution is 2.31. The molecule has 9 heteroatoms. The van der Waals surface area contributed by atoms with Crippen LogP contribution in [0, 0.1) is 0 Å². The maximum absolute atomic E-state index is 13.1. The molecule has 1 N–H and O–H groups in total. The monoisotopic (exact) mass is 406 g/mol. The molecule has 1 fully saturated rings. The van der Waals surface area contributed by atoms with Crippen molar-refractivity contribution in [3.8, 4) is 5.75 Å². The molecule has 1 amide bonds. The second-order valence-electron chi connectivity index (χ2n) is 6.77. The van der Waals surface area contributed by atoms with E-state index in [-0.39, 0.29) is 17.4 Å². The fourth-order valence-electron chi connectivity index (χ4n) is 3.42. The molecule has 2 aliphatic rings. The molecule has 0 atom stereocenters. The van der Waals surface area contributed by atoms with Crippen molar-refractivity contribution in [1.29, 1.82) is 0 Å². The van der Waals surface area contributed by atoms with Crippen LogP contribution in [0.2, 0.25) is 0 Å². The molecular weight excluding hydrogens is 387 g/mol. The normalized spacial score (nSPS) is 18.9. The molecule has 152 valence electrons. The molecule has 0 radical (unpaired) electrons. The number of fused-ring (bicyclic) bond motifs is 1. The van der Waals surface area contributed by atoms with Crippen molar-refractivity contribution in [2.75, 3.05) is 37.9 Å². The minimum absolute atomic E-state index is 0.221. The van der Waals surface area contributed by atoms with Crippen LogP contribution in [0.1, 0.15) is 5.56 Å². The van der Waals surface area contributed by atoms with Gasteiger partial charge in [0, 0.05) is 5.56 Å². The van der Waals surface area contributed by atoms with E-state index in [1.165, 1.54) is 29.2 Å². The Morgan fingerprint density at radius 3 is 2.45 bits per heavy atom. The lowest BCUT2D eigenvalue weighted by atomic mass is 10.1. The molecule has 2 aromatic carbocycles. The van der Waals surface area contributed by atoms with Gasteiger partial charge < -0.3 is 14.4 Å². The van der Waals surface area contributed by atoms with Gasteiger partial charge in [-0.05, 0) is 30.3 Å². The second-order valence-corrected chi connectivity index (χ2v) is 6.77. The van der Waals surface area contributed by atoms with Crippen LogP contribution in [-0.4, -0.2) is 51.0 Å². The lowest BCUT2D eigenvalue weighted by Crippen LogP contribution is -3.15. The Bertz CT molecular complexity index is 923. The Morgan fingerprint density at radius 2 is 1.76 bits per heavy atom. The molecule has 0 aliphatic carbocycles. The number of morpholine rings is 1. The van der Waals surface area contributed by atoms with E-state index in [9.17, 15) is 18.0 Å². The van der Waals surface area contributed by atoms with E-state index in [1.807, 2.05) is 24.3 Å². The SMILES string of the molecule is O=C1C(=Nc2ccc(OC(F)(F)F)cc2)c2ccccc2N1C[NH+]1CCOCC1. The third-order valence-corrected chi connectivity index (χ3v) is 4.79. The Hall–Kier alpha value is -2.91. The third-order valence-electron chi connectivity index (χ3n) is 4.79. The van der Waals surface area contributed by atoms with Gasteiger partial charge in [-0.15, -0.1) is 13.2 Å². The van der Waals surface area contributed by atoms with Crippen LogP contribution < -0.4 is 14.5 Å². The van der Waals surface area contributed by atoms with Crippen LogP contribution in [-0.2, 0) is 9.53 Å². The summed E-state index contributed by atoms with van der Waals surface area (Å²) < 4.78 is 46.2. The van der Waals surface area contributed by atoms with E-state index >= 15 is 0 Å². The molecule has 29 heavy (non-hydrogen) atoms. The highest BCUT2D eigenvalue weighted by molar-refractivity contribution is 6.54. The summed E-state index contributed by atoms with van der Waals surface area (Å²) in [6.45, 7) is 3.47. The van der Waals surface area contributed by atoms with E-state index in [2.05, 4.69) is 9.73 Å². The fourth-order valence-corrected chi connectivity index (χ4v) is 3.42. The van der Waals surface area contributed by atoms with Crippen LogP contribution in [0.4, 0.5) is 24.5 Å². The number of nitrogens with zero attached hydrogens (tertiary/aromatic N) is 2. The molecule has 0 saturated carbocycles. The van der Waals surface area contributed by atoms with Gasteiger partial charge in [0.25, 0.3) is 5.91 Å². The zero-order valence-corrected chi connectivity index (χ0v) is 15.4. The van der Waals surface area contributed by atoms with E-state index in [1.54, 1.807) is 4.90 Å². The molecule has 6 nitrogen and oxygen atoms in total. The smallest absolute Gasteiger partial charge is 0.406 e. The molecule has 2 aliphatic heterocycles. The number of hydrogen-bond acceptors (Lipinski definition) is 4. The van der Waals surface area contributed by atoms with Crippen molar-refractivity contribution < 1.29 is 32.3 Å². The van der Waals surface area contributed by atoms with Gasteiger partial charge >= 0.3 is 6.36 Å². The van der Waals surface area contributed by atoms with Crippen molar-refractivity contribution in [3.05, 3.63) is 54.1 Å². The first-order chi connectivity index (χ1) is 13.9. The van der Waals surface area contributed by atoms with Gasteiger partial charge in [-0.25, -0.2) is 4.99 Å². The first-order valence-electron chi connectivity index (χ1n) is 9.18. The van der Waals surface area contributed by atoms with Gasteiger partial charge in [-0.1, -0.05) is 18.2 Å². The Balaban J connectivity index is 1.59. The number of benzene rings is 2. The molecule has 4 rings (SSSR count). The number of ether oxygens (including phenoxy) is 2.